The number of benzene rings is 2. The standard InChI is InChI=1S/C23H17F5O4/c1-22(2)19(21(30)32-9-12-14(24)16(26)18(28)17(27)15(12)25)23(22)8-11(20(29)31-3)10-6-4-5-7-13(10)23/h4-8,19H,9H2,1-3H3/t19-,23-/m1/s1. The molecule has 1 spiro atoms. The molecule has 9 heteroatoms. The molecule has 0 amide bonds. The summed E-state index contributed by atoms with van der Waals surface area (Å²) in [5, 5.41) is 0. The topological polar surface area (TPSA) is 52.6 Å². The zero-order chi connectivity index (χ0) is 23.6. The Labute approximate surface area is 179 Å². The highest BCUT2D eigenvalue weighted by Crippen LogP contribution is 2.74. The number of carbonyl (C=O) groups excluding carboxylic acids is 2. The van der Waals surface area contributed by atoms with Gasteiger partial charge in [0, 0.05) is 5.41 Å². The van der Waals surface area contributed by atoms with Crippen LogP contribution in [0.15, 0.2) is 30.3 Å². The maximum atomic E-state index is 13.9. The van der Waals surface area contributed by atoms with Crippen molar-refractivity contribution in [1.29, 1.82) is 0 Å². The van der Waals surface area contributed by atoms with Crippen molar-refractivity contribution < 1.29 is 41.0 Å². The van der Waals surface area contributed by atoms with Crippen LogP contribution in [-0.4, -0.2) is 19.0 Å². The average Bonchev–Trinajstić information content (AvgIpc) is 3.08. The van der Waals surface area contributed by atoms with Gasteiger partial charge in [-0.05, 0) is 16.5 Å². The number of carbonyl (C=O) groups is 2. The van der Waals surface area contributed by atoms with Crippen molar-refractivity contribution in [3.8, 4) is 0 Å². The Hall–Kier alpha value is -3.23. The van der Waals surface area contributed by atoms with Crippen LogP contribution in [0.3, 0.4) is 0 Å². The second kappa shape index (κ2) is 7.15. The van der Waals surface area contributed by atoms with Gasteiger partial charge in [-0.25, -0.2) is 26.7 Å². The summed E-state index contributed by atoms with van der Waals surface area (Å²) in [4.78, 5) is 25.2. The molecule has 2 aliphatic rings. The number of esters is 2. The fourth-order valence-electron chi connectivity index (χ4n) is 4.79. The first kappa shape index (κ1) is 22.0. The SMILES string of the molecule is COC(=O)C1=C[C@@]2(c3ccccc31)[C@H](C(=O)OCc1c(F)c(F)c(F)c(F)c1F)C2(C)C. The van der Waals surface area contributed by atoms with Crippen LogP contribution in [0.4, 0.5) is 22.0 Å². The van der Waals surface area contributed by atoms with E-state index in [9.17, 15) is 31.5 Å². The molecule has 2 aromatic rings. The molecular formula is C23H17F5O4. The maximum Gasteiger partial charge on any atom is 0.338 e. The normalized spacial score (nSPS) is 22.4. The van der Waals surface area contributed by atoms with E-state index >= 15 is 0 Å². The number of halogens is 5. The summed E-state index contributed by atoms with van der Waals surface area (Å²) in [6.07, 6.45) is 1.62. The van der Waals surface area contributed by atoms with Crippen LogP contribution in [0.1, 0.15) is 30.5 Å². The summed E-state index contributed by atoms with van der Waals surface area (Å²) in [6, 6.07) is 6.92. The van der Waals surface area contributed by atoms with E-state index in [1.165, 1.54) is 7.11 Å². The molecule has 2 aliphatic carbocycles. The predicted molar refractivity (Wildman–Crippen MR) is 101 cm³/mol. The molecule has 0 aromatic heterocycles. The summed E-state index contributed by atoms with van der Waals surface area (Å²) < 4.78 is 77.8. The fraction of sp³-hybridized carbons (Fsp3) is 0.304. The first-order valence-electron chi connectivity index (χ1n) is 9.58. The van der Waals surface area contributed by atoms with Crippen LogP contribution in [0.25, 0.3) is 5.57 Å². The lowest BCUT2D eigenvalue weighted by atomic mass is 9.90. The molecule has 0 bridgehead atoms. The minimum atomic E-state index is -2.29. The van der Waals surface area contributed by atoms with Gasteiger partial charge >= 0.3 is 11.9 Å². The van der Waals surface area contributed by atoms with Gasteiger partial charge < -0.3 is 9.47 Å². The molecule has 2 atom stereocenters. The lowest BCUT2D eigenvalue weighted by Gasteiger charge is -2.13. The van der Waals surface area contributed by atoms with E-state index in [1.807, 2.05) is 0 Å². The molecular weight excluding hydrogens is 435 g/mol. The number of allylic oxidation sites excluding steroid dienone is 1. The molecule has 1 saturated carbocycles. The Kier molecular flexibility index (Phi) is 4.91. The Morgan fingerprint density at radius 3 is 2.09 bits per heavy atom. The van der Waals surface area contributed by atoms with E-state index < -0.39 is 69.9 Å². The third kappa shape index (κ3) is 2.73. The van der Waals surface area contributed by atoms with Crippen LogP contribution < -0.4 is 0 Å². The second-order valence-electron chi connectivity index (χ2n) is 8.28. The first-order chi connectivity index (χ1) is 15.0. The lowest BCUT2D eigenvalue weighted by molar-refractivity contribution is -0.147. The summed E-state index contributed by atoms with van der Waals surface area (Å²) in [7, 11) is 1.23. The van der Waals surface area contributed by atoms with Gasteiger partial charge in [0.25, 0.3) is 0 Å². The smallest absolute Gasteiger partial charge is 0.338 e. The van der Waals surface area contributed by atoms with Crippen molar-refractivity contribution in [3.63, 3.8) is 0 Å². The summed E-state index contributed by atoms with van der Waals surface area (Å²) in [6.45, 7) is 2.37. The molecule has 4 rings (SSSR count). The van der Waals surface area contributed by atoms with E-state index in [0.29, 0.717) is 11.1 Å². The van der Waals surface area contributed by atoms with Crippen molar-refractivity contribution in [2.45, 2.75) is 25.9 Å². The highest BCUT2D eigenvalue weighted by molar-refractivity contribution is 6.19. The number of hydrogen-bond donors (Lipinski definition) is 0. The van der Waals surface area contributed by atoms with Crippen LogP contribution >= 0.6 is 0 Å². The summed E-state index contributed by atoms with van der Waals surface area (Å²) >= 11 is 0. The fourth-order valence-corrected chi connectivity index (χ4v) is 4.79. The molecule has 32 heavy (non-hydrogen) atoms. The number of hydrogen-bond acceptors (Lipinski definition) is 4. The summed E-state index contributed by atoms with van der Waals surface area (Å²) in [5.74, 6) is -13.0. The Morgan fingerprint density at radius 1 is 0.938 bits per heavy atom. The second-order valence-corrected chi connectivity index (χ2v) is 8.28. The zero-order valence-corrected chi connectivity index (χ0v) is 17.2. The van der Waals surface area contributed by atoms with Crippen molar-refractivity contribution in [2.75, 3.05) is 7.11 Å². The summed E-state index contributed by atoms with van der Waals surface area (Å²) in [5.41, 5.74) is -1.40. The molecule has 1 fully saturated rings. The molecule has 168 valence electrons. The Balaban J connectivity index is 1.66. The third-order valence-electron chi connectivity index (χ3n) is 6.50. The van der Waals surface area contributed by atoms with Crippen molar-refractivity contribution in [1.82, 2.24) is 0 Å². The van der Waals surface area contributed by atoms with Crippen LogP contribution in [-0.2, 0) is 31.1 Å². The maximum absolute atomic E-state index is 13.9. The Bertz CT molecular complexity index is 1170. The van der Waals surface area contributed by atoms with Crippen LogP contribution in [0.5, 0.6) is 0 Å². The van der Waals surface area contributed by atoms with Gasteiger partial charge in [0.15, 0.2) is 23.3 Å². The molecule has 0 radical (unpaired) electrons. The zero-order valence-electron chi connectivity index (χ0n) is 17.2. The van der Waals surface area contributed by atoms with Crippen molar-refractivity contribution in [2.24, 2.45) is 11.3 Å². The van der Waals surface area contributed by atoms with Gasteiger partial charge in [-0.1, -0.05) is 44.2 Å². The van der Waals surface area contributed by atoms with Gasteiger partial charge in [-0.3, -0.25) is 4.79 Å². The Morgan fingerprint density at radius 2 is 1.50 bits per heavy atom. The molecule has 2 aromatic carbocycles. The van der Waals surface area contributed by atoms with Gasteiger partial charge in [0.05, 0.1) is 24.2 Å². The predicted octanol–water partition coefficient (Wildman–Crippen LogP) is 4.59. The van der Waals surface area contributed by atoms with Gasteiger partial charge in [0.1, 0.15) is 6.61 Å². The molecule has 0 aliphatic heterocycles. The minimum absolute atomic E-state index is 0.270. The van der Waals surface area contributed by atoms with Gasteiger partial charge in [-0.2, -0.15) is 0 Å². The quantitative estimate of drug-likeness (QED) is 0.295. The lowest BCUT2D eigenvalue weighted by Crippen LogP contribution is -2.16. The number of ether oxygens (including phenoxy) is 2. The number of fused-ring (bicyclic) bond motifs is 2. The van der Waals surface area contributed by atoms with Crippen LogP contribution in [0, 0.1) is 40.4 Å². The highest BCUT2D eigenvalue weighted by atomic mass is 19.2. The van der Waals surface area contributed by atoms with E-state index in [2.05, 4.69) is 0 Å². The monoisotopic (exact) mass is 452 g/mol. The molecule has 0 unspecified atom stereocenters. The van der Waals surface area contributed by atoms with E-state index in [0.717, 1.165) is 0 Å². The third-order valence-corrected chi connectivity index (χ3v) is 6.50. The van der Waals surface area contributed by atoms with Crippen LogP contribution in [0.2, 0.25) is 0 Å². The number of methoxy groups -OCH3 is 1. The largest absolute Gasteiger partial charge is 0.465 e. The van der Waals surface area contributed by atoms with Gasteiger partial charge in [0.2, 0.25) is 5.82 Å². The molecule has 0 N–H and O–H groups in total. The van der Waals surface area contributed by atoms with E-state index in [4.69, 9.17) is 9.47 Å². The van der Waals surface area contributed by atoms with E-state index in [-0.39, 0.29) is 5.57 Å². The highest BCUT2D eigenvalue weighted by Gasteiger charge is 2.76. The average molecular weight is 452 g/mol. The molecule has 4 nitrogen and oxygen atoms in total. The molecule has 0 heterocycles. The van der Waals surface area contributed by atoms with E-state index in [1.54, 1.807) is 44.2 Å². The minimum Gasteiger partial charge on any atom is -0.465 e. The van der Waals surface area contributed by atoms with Gasteiger partial charge in [-0.15, -0.1) is 0 Å². The first-order valence-corrected chi connectivity index (χ1v) is 9.58. The number of rotatable bonds is 4. The van der Waals surface area contributed by atoms with Crippen molar-refractivity contribution >= 4 is 17.5 Å². The van der Waals surface area contributed by atoms with Crippen molar-refractivity contribution in [3.05, 3.63) is 76.1 Å². The molecule has 0 saturated heterocycles.